The number of carbonyl (C=O) groups excluding carboxylic acids is 4. The number of para-hydroxylation sites is 1. The zero-order valence-electron chi connectivity index (χ0n) is 29.7. The van der Waals surface area contributed by atoms with Gasteiger partial charge < -0.3 is 20.3 Å². The van der Waals surface area contributed by atoms with Crippen molar-refractivity contribution in [3.05, 3.63) is 47.7 Å². The van der Waals surface area contributed by atoms with Crippen LogP contribution in [-0.2, 0) is 35.6 Å². The lowest BCUT2D eigenvalue weighted by Gasteiger charge is -2.36. The molecule has 286 valence electrons. The highest BCUT2D eigenvalue weighted by molar-refractivity contribution is 7.91. The number of hydrogen-bond donors (Lipinski definition) is 3. The van der Waals surface area contributed by atoms with E-state index in [0.717, 1.165) is 16.5 Å². The quantitative estimate of drug-likeness (QED) is 0.385. The fourth-order valence-corrected chi connectivity index (χ4v) is 9.38. The van der Waals surface area contributed by atoms with Crippen LogP contribution in [0.4, 0.5) is 13.2 Å². The van der Waals surface area contributed by atoms with Crippen LogP contribution in [-0.4, -0.2) is 82.6 Å². The lowest BCUT2D eigenvalue weighted by atomic mass is 9.87. The fourth-order valence-electron chi connectivity index (χ4n) is 8.07. The van der Waals surface area contributed by atoms with Gasteiger partial charge in [0.05, 0.1) is 22.5 Å². The predicted octanol–water partition coefficient (Wildman–Crippen LogP) is 4.04. The van der Waals surface area contributed by atoms with Crippen LogP contribution in [0, 0.1) is 12.8 Å². The van der Waals surface area contributed by atoms with Gasteiger partial charge in [0.1, 0.15) is 35.4 Å². The molecule has 3 fully saturated rings. The van der Waals surface area contributed by atoms with E-state index in [0.29, 0.717) is 62.8 Å². The molecule has 12 nitrogen and oxygen atoms in total. The molecule has 7 rings (SSSR count). The van der Waals surface area contributed by atoms with Crippen molar-refractivity contribution in [1.29, 1.82) is 0 Å². The molecule has 1 aromatic heterocycles. The summed E-state index contributed by atoms with van der Waals surface area (Å²) in [6, 6.07) is 5.03. The summed E-state index contributed by atoms with van der Waals surface area (Å²) in [5.74, 6) is -3.66. The Balaban J connectivity index is 1.23. The van der Waals surface area contributed by atoms with Gasteiger partial charge in [-0.25, -0.2) is 13.4 Å². The Kier molecular flexibility index (Phi) is 9.29. The first-order chi connectivity index (χ1) is 24.9. The number of fused-ring (bicyclic) bond motifs is 5. The third kappa shape index (κ3) is 7.22. The minimum absolute atomic E-state index is 0.0198. The number of halogens is 3. The van der Waals surface area contributed by atoms with Crippen molar-refractivity contribution in [2.45, 2.75) is 125 Å². The van der Waals surface area contributed by atoms with Crippen LogP contribution in [0.25, 0.3) is 10.9 Å². The van der Waals surface area contributed by atoms with Gasteiger partial charge >= 0.3 is 6.18 Å². The van der Waals surface area contributed by atoms with E-state index in [4.69, 9.17) is 9.72 Å². The molecular weight excluding hydrogens is 715 g/mol. The van der Waals surface area contributed by atoms with E-state index in [9.17, 15) is 40.8 Å². The Morgan fingerprint density at radius 2 is 1.85 bits per heavy atom. The van der Waals surface area contributed by atoms with Crippen LogP contribution in [0.1, 0.15) is 88.8 Å². The lowest BCUT2D eigenvalue weighted by Crippen LogP contribution is -2.58. The summed E-state index contributed by atoms with van der Waals surface area (Å²) in [5, 5.41) is 6.02. The molecule has 3 N–H and O–H groups in total. The smallest absolute Gasteiger partial charge is 0.397 e. The Morgan fingerprint density at radius 3 is 2.58 bits per heavy atom. The van der Waals surface area contributed by atoms with Gasteiger partial charge in [0.2, 0.25) is 27.7 Å². The van der Waals surface area contributed by atoms with Crippen LogP contribution < -0.4 is 20.1 Å². The van der Waals surface area contributed by atoms with E-state index < -0.39 is 80.1 Å². The number of hydrogen-bond acceptors (Lipinski definition) is 8. The number of allylic oxidation sites excluding steroid dienone is 1. The van der Waals surface area contributed by atoms with Crippen molar-refractivity contribution in [2.75, 3.05) is 6.54 Å². The van der Waals surface area contributed by atoms with Gasteiger partial charge in [0.25, 0.3) is 5.91 Å². The maximum atomic E-state index is 14.5. The molecular formula is C37H44F3N5O7S. The van der Waals surface area contributed by atoms with Gasteiger partial charge in [0, 0.05) is 23.3 Å². The molecule has 1 saturated heterocycles. The summed E-state index contributed by atoms with van der Waals surface area (Å²) >= 11 is 0. The van der Waals surface area contributed by atoms with E-state index in [1.807, 2.05) is 37.3 Å². The summed E-state index contributed by atoms with van der Waals surface area (Å²) in [6.45, 7) is 3.24. The number of carbonyl (C=O) groups is 4. The fraction of sp³-hybridized carbons (Fsp3) is 0.595. The number of alkyl halides is 3. The van der Waals surface area contributed by atoms with Crippen LogP contribution in [0.5, 0.6) is 5.75 Å². The van der Waals surface area contributed by atoms with E-state index in [1.54, 1.807) is 13.0 Å². The molecule has 4 heterocycles. The van der Waals surface area contributed by atoms with Gasteiger partial charge in [-0.3, -0.25) is 23.9 Å². The monoisotopic (exact) mass is 759 g/mol. The Labute approximate surface area is 305 Å². The highest BCUT2D eigenvalue weighted by Gasteiger charge is 2.64. The van der Waals surface area contributed by atoms with Gasteiger partial charge in [-0.2, -0.15) is 13.2 Å². The van der Waals surface area contributed by atoms with E-state index >= 15 is 0 Å². The first-order valence-corrected chi connectivity index (χ1v) is 19.7. The maximum absolute atomic E-state index is 14.5. The molecule has 2 saturated carbocycles. The van der Waals surface area contributed by atoms with Crippen molar-refractivity contribution >= 4 is 44.6 Å². The third-order valence-corrected chi connectivity index (χ3v) is 13.7. The number of nitrogens with one attached hydrogen (secondary N) is 3. The first kappa shape index (κ1) is 37.1. The summed E-state index contributed by atoms with van der Waals surface area (Å²) in [4.78, 5) is 61.3. The molecule has 0 bridgehead atoms. The molecule has 0 radical (unpaired) electrons. The standard InChI is InChI=1S/C37H44F3N5O7S/c1-22-30-25(24-11-8-9-12-26(24)41-22)14-15-35(52-30)19-28-31(47)43-36(33(49)44-53(50,51)34(2)16-17-34)18-23(36)10-6-4-3-5-7-13-27(32(48)45(28)21-35)42-29(46)20-37(38,39)40/h6,8-12,23,27-28H,3-5,7,13-21H2,1-2H3,(H,42,46)(H,43,47)(H,44,49)/b10-6-/t23-,27-,28-,35+,36+/m0/s1. The lowest BCUT2D eigenvalue weighted by molar-refractivity contribution is -0.156. The van der Waals surface area contributed by atoms with Gasteiger partial charge in [0.15, 0.2) is 0 Å². The number of sulfonamides is 1. The molecule has 2 aliphatic carbocycles. The molecule has 4 amide bonds. The molecule has 0 unspecified atom stereocenters. The SMILES string of the molecule is Cc1nc2ccccc2c2c1O[C@]1(CC2)C[C@H]2C(=O)N[C@]3(C(=O)NS(=O)(=O)C4(C)CC4)C[C@@H]3/C=C\CCCCC[C@H](NC(=O)CC(F)(F)F)C(=O)N2C1. The number of benzene rings is 1. The van der Waals surface area contributed by atoms with Crippen molar-refractivity contribution in [3.8, 4) is 5.75 Å². The second-order valence-corrected chi connectivity index (χ2v) is 17.8. The largest absolute Gasteiger partial charge is 0.483 e. The Morgan fingerprint density at radius 1 is 1.09 bits per heavy atom. The number of amides is 4. The van der Waals surface area contributed by atoms with Gasteiger partial charge in [-0.05, 0) is 71.3 Å². The molecule has 53 heavy (non-hydrogen) atoms. The number of aromatic nitrogens is 1. The van der Waals surface area contributed by atoms with Crippen molar-refractivity contribution in [2.24, 2.45) is 5.92 Å². The second kappa shape index (κ2) is 13.3. The number of aryl methyl sites for hydroxylation is 2. The highest BCUT2D eigenvalue weighted by Crippen LogP contribution is 2.49. The zero-order chi connectivity index (χ0) is 38.0. The van der Waals surface area contributed by atoms with Gasteiger partial charge in [-0.15, -0.1) is 0 Å². The predicted molar refractivity (Wildman–Crippen MR) is 187 cm³/mol. The summed E-state index contributed by atoms with van der Waals surface area (Å²) in [6.07, 6.45) is 1.22. The van der Waals surface area contributed by atoms with E-state index in [1.165, 1.54) is 4.90 Å². The molecule has 1 aromatic carbocycles. The number of nitrogens with zero attached hydrogens (tertiary/aromatic N) is 2. The normalized spacial score (nSPS) is 30.4. The minimum Gasteiger partial charge on any atom is -0.483 e. The van der Waals surface area contributed by atoms with Crippen LogP contribution in [0.15, 0.2) is 36.4 Å². The number of rotatable bonds is 5. The maximum Gasteiger partial charge on any atom is 0.397 e. The minimum atomic E-state index is -4.79. The molecule has 3 aliphatic heterocycles. The molecule has 2 aromatic rings. The second-order valence-electron chi connectivity index (χ2n) is 15.6. The average Bonchev–Trinajstić information content (AvgIpc) is 3.97. The highest BCUT2D eigenvalue weighted by atomic mass is 32.2. The molecule has 1 spiro atoms. The Hall–Kier alpha value is -4.21. The number of ether oxygens (including phenoxy) is 1. The first-order valence-electron chi connectivity index (χ1n) is 18.2. The third-order valence-electron chi connectivity index (χ3n) is 11.6. The number of pyridine rings is 1. The van der Waals surface area contributed by atoms with Crippen molar-refractivity contribution in [1.82, 2.24) is 25.2 Å². The van der Waals surface area contributed by atoms with Crippen LogP contribution >= 0.6 is 0 Å². The van der Waals surface area contributed by atoms with E-state index in [2.05, 4.69) is 15.4 Å². The van der Waals surface area contributed by atoms with Crippen LogP contribution in [0.2, 0.25) is 0 Å². The van der Waals surface area contributed by atoms with Crippen molar-refractivity contribution in [3.63, 3.8) is 0 Å². The molecule has 5 atom stereocenters. The van der Waals surface area contributed by atoms with Crippen molar-refractivity contribution < 1.29 is 45.5 Å². The summed E-state index contributed by atoms with van der Waals surface area (Å²) in [7, 11) is -4.04. The van der Waals surface area contributed by atoms with E-state index in [-0.39, 0.29) is 25.8 Å². The average molecular weight is 760 g/mol. The topological polar surface area (TPSA) is 164 Å². The summed E-state index contributed by atoms with van der Waals surface area (Å²) in [5.41, 5.74) is -0.359. The molecule has 5 aliphatic rings. The van der Waals surface area contributed by atoms with Crippen LogP contribution in [0.3, 0.4) is 0 Å². The van der Waals surface area contributed by atoms with Gasteiger partial charge in [-0.1, -0.05) is 43.2 Å². The molecule has 16 heteroatoms. The Bertz CT molecular complexity index is 2000. The zero-order valence-corrected chi connectivity index (χ0v) is 30.5. The summed E-state index contributed by atoms with van der Waals surface area (Å²) < 4.78 is 73.7.